The van der Waals surface area contributed by atoms with Crippen LogP contribution in [-0.4, -0.2) is 43.5 Å². The number of nitrogen functional groups attached to an aromatic ring is 1. The smallest absolute Gasteiger partial charge is 0.280 e. The molecule has 0 radical (unpaired) electrons. The third kappa shape index (κ3) is 6.21. The van der Waals surface area contributed by atoms with Crippen molar-refractivity contribution in [2.45, 2.75) is 46.2 Å². The van der Waals surface area contributed by atoms with Gasteiger partial charge in [-0.15, -0.1) is 0 Å². The van der Waals surface area contributed by atoms with Crippen molar-refractivity contribution < 1.29 is 14.4 Å². The van der Waals surface area contributed by atoms with E-state index in [0.29, 0.717) is 16.9 Å². The van der Waals surface area contributed by atoms with Crippen LogP contribution in [0.1, 0.15) is 49.7 Å². The lowest BCUT2D eigenvalue weighted by Crippen LogP contribution is -2.43. The lowest BCUT2D eigenvalue weighted by Gasteiger charge is -2.19. The minimum Gasteiger partial charge on any atom is -0.379 e. The summed E-state index contributed by atoms with van der Waals surface area (Å²) in [5.74, 6) is -0.819. The SMILES string of the molecule is CC(=O)CCC(NC(=O)c1ccc(NCc2cnc3nc(N)[nH]c(=O)c3n2)cc1)C(=O)C(C)C. The molecule has 0 saturated heterocycles. The normalized spacial score (nSPS) is 11.9. The van der Waals surface area contributed by atoms with Crippen molar-refractivity contribution in [1.82, 2.24) is 25.3 Å². The highest BCUT2D eigenvalue weighted by molar-refractivity contribution is 5.98. The molecule has 34 heavy (non-hydrogen) atoms. The average Bonchev–Trinajstić information content (AvgIpc) is 2.80. The summed E-state index contributed by atoms with van der Waals surface area (Å²) in [6.07, 6.45) is 1.99. The van der Waals surface area contributed by atoms with Crippen LogP contribution in [0.3, 0.4) is 0 Å². The Kier molecular flexibility index (Phi) is 7.67. The largest absolute Gasteiger partial charge is 0.379 e. The maximum atomic E-state index is 12.7. The number of ketones is 2. The number of fused-ring (bicyclic) bond motifs is 1. The summed E-state index contributed by atoms with van der Waals surface area (Å²) >= 11 is 0. The molecule has 1 unspecified atom stereocenters. The van der Waals surface area contributed by atoms with Gasteiger partial charge < -0.3 is 21.2 Å². The number of aromatic amines is 1. The molecule has 2 aromatic heterocycles. The van der Waals surface area contributed by atoms with E-state index in [0.717, 1.165) is 0 Å². The minimum absolute atomic E-state index is 0.0273. The molecule has 3 aromatic rings. The number of nitrogens with one attached hydrogen (secondary N) is 3. The summed E-state index contributed by atoms with van der Waals surface area (Å²) in [7, 11) is 0. The van der Waals surface area contributed by atoms with Gasteiger partial charge in [-0.25, -0.2) is 9.97 Å². The van der Waals surface area contributed by atoms with Crippen molar-refractivity contribution >= 4 is 40.3 Å². The fourth-order valence-electron chi connectivity index (χ4n) is 3.27. The van der Waals surface area contributed by atoms with E-state index >= 15 is 0 Å². The summed E-state index contributed by atoms with van der Waals surface area (Å²) in [6, 6.07) is 5.97. The molecule has 2 heterocycles. The predicted octanol–water partition coefficient (Wildman–Crippen LogP) is 1.60. The monoisotopic (exact) mass is 465 g/mol. The molecular formula is C23H27N7O4. The fraction of sp³-hybridized carbons (Fsp3) is 0.348. The van der Waals surface area contributed by atoms with Gasteiger partial charge in [-0.3, -0.25) is 19.4 Å². The number of Topliss-reactive ketones (excluding diaryl/α,β-unsaturated/α-hetero) is 2. The molecule has 3 rings (SSSR count). The Morgan fingerprint density at radius 3 is 2.47 bits per heavy atom. The van der Waals surface area contributed by atoms with Crippen LogP contribution < -0.4 is 21.9 Å². The summed E-state index contributed by atoms with van der Waals surface area (Å²) < 4.78 is 0. The van der Waals surface area contributed by atoms with Gasteiger partial charge >= 0.3 is 0 Å². The molecule has 0 aliphatic rings. The third-order valence-electron chi connectivity index (χ3n) is 5.11. The molecular weight excluding hydrogens is 438 g/mol. The van der Waals surface area contributed by atoms with Gasteiger partial charge in [-0.05, 0) is 37.6 Å². The number of H-pyrrole nitrogens is 1. The van der Waals surface area contributed by atoms with Gasteiger partial charge in [-0.2, -0.15) is 4.98 Å². The van der Waals surface area contributed by atoms with Crippen molar-refractivity contribution in [3.63, 3.8) is 0 Å². The van der Waals surface area contributed by atoms with Crippen molar-refractivity contribution in [3.8, 4) is 0 Å². The number of aromatic nitrogens is 4. The van der Waals surface area contributed by atoms with Gasteiger partial charge in [0.2, 0.25) is 5.95 Å². The highest BCUT2D eigenvalue weighted by atomic mass is 16.2. The Morgan fingerprint density at radius 1 is 1.12 bits per heavy atom. The molecule has 5 N–H and O–H groups in total. The van der Waals surface area contributed by atoms with E-state index in [1.165, 1.54) is 13.1 Å². The number of benzene rings is 1. The summed E-state index contributed by atoms with van der Waals surface area (Å²) in [5, 5.41) is 5.89. The first-order chi connectivity index (χ1) is 16.1. The first-order valence-electron chi connectivity index (χ1n) is 10.8. The van der Waals surface area contributed by atoms with Crippen LogP contribution in [0.5, 0.6) is 0 Å². The van der Waals surface area contributed by atoms with E-state index in [2.05, 4.69) is 30.6 Å². The number of carbonyl (C=O) groups is 3. The number of carbonyl (C=O) groups excluding carboxylic acids is 3. The molecule has 11 heteroatoms. The van der Waals surface area contributed by atoms with E-state index in [1.54, 1.807) is 38.1 Å². The maximum absolute atomic E-state index is 12.7. The van der Waals surface area contributed by atoms with E-state index < -0.39 is 11.6 Å². The van der Waals surface area contributed by atoms with E-state index in [9.17, 15) is 19.2 Å². The van der Waals surface area contributed by atoms with Gasteiger partial charge in [0, 0.05) is 23.6 Å². The Morgan fingerprint density at radius 2 is 1.82 bits per heavy atom. The molecule has 1 aromatic carbocycles. The zero-order chi connectivity index (χ0) is 24.8. The van der Waals surface area contributed by atoms with Crippen LogP contribution in [0.2, 0.25) is 0 Å². The molecule has 0 bridgehead atoms. The Bertz CT molecular complexity index is 1270. The zero-order valence-electron chi connectivity index (χ0n) is 19.2. The second kappa shape index (κ2) is 10.6. The van der Waals surface area contributed by atoms with Gasteiger partial charge in [-0.1, -0.05) is 13.8 Å². The molecule has 0 spiro atoms. The topological polar surface area (TPSA) is 173 Å². The average molecular weight is 466 g/mol. The lowest BCUT2D eigenvalue weighted by molar-refractivity contribution is -0.124. The van der Waals surface area contributed by atoms with Gasteiger partial charge in [0.1, 0.15) is 5.78 Å². The molecule has 11 nitrogen and oxygen atoms in total. The number of rotatable bonds is 10. The summed E-state index contributed by atoms with van der Waals surface area (Å²) in [5.41, 5.74) is 6.92. The number of amides is 1. The fourth-order valence-corrected chi connectivity index (χ4v) is 3.27. The van der Waals surface area contributed by atoms with Crippen molar-refractivity contribution in [1.29, 1.82) is 0 Å². The quantitative estimate of drug-likeness (QED) is 0.347. The molecule has 1 amide bonds. The summed E-state index contributed by atoms with van der Waals surface area (Å²) in [4.78, 5) is 63.1. The highest BCUT2D eigenvalue weighted by Crippen LogP contribution is 2.13. The van der Waals surface area contributed by atoms with Crippen LogP contribution in [0.25, 0.3) is 11.2 Å². The minimum atomic E-state index is -0.714. The van der Waals surface area contributed by atoms with E-state index in [4.69, 9.17) is 5.73 Å². The zero-order valence-corrected chi connectivity index (χ0v) is 19.2. The van der Waals surface area contributed by atoms with E-state index in [-0.39, 0.29) is 59.9 Å². The molecule has 0 aliphatic carbocycles. The Labute approximate surface area is 195 Å². The standard InChI is InChI=1S/C23H27N7O4/c1-12(2)19(32)17(9-4-13(3)31)28-21(33)14-5-7-15(8-6-14)25-10-16-11-26-20-18(27-16)22(34)30-23(24)29-20/h5-8,11-12,17,25H,4,9-10H2,1-3H3,(H,28,33)(H3,24,26,29,30,34). The molecule has 0 aliphatic heterocycles. The third-order valence-corrected chi connectivity index (χ3v) is 5.11. The Hall–Kier alpha value is -4.15. The van der Waals surface area contributed by atoms with Gasteiger partial charge in [0.05, 0.1) is 24.5 Å². The van der Waals surface area contributed by atoms with Gasteiger partial charge in [0.15, 0.2) is 16.9 Å². The van der Waals surface area contributed by atoms with Crippen LogP contribution in [-0.2, 0) is 16.1 Å². The van der Waals surface area contributed by atoms with E-state index in [1.807, 2.05) is 0 Å². The number of nitrogens with zero attached hydrogens (tertiary/aromatic N) is 3. The second-order valence-electron chi connectivity index (χ2n) is 8.24. The highest BCUT2D eigenvalue weighted by Gasteiger charge is 2.24. The molecule has 0 fully saturated rings. The van der Waals surface area contributed by atoms with Crippen LogP contribution in [0.15, 0.2) is 35.3 Å². The van der Waals surface area contributed by atoms with Crippen molar-refractivity contribution in [2.24, 2.45) is 5.92 Å². The summed E-state index contributed by atoms with van der Waals surface area (Å²) in [6.45, 7) is 5.27. The molecule has 0 saturated carbocycles. The van der Waals surface area contributed by atoms with Crippen molar-refractivity contribution in [2.75, 3.05) is 11.1 Å². The number of nitrogens with two attached hydrogens (primary N) is 1. The predicted molar refractivity (Wildman–Crippen MR) is 127 cm³/mol. The second-order valence-corrected chi connectivity index (χ2v) is 8.24. The number of anilines is 2. The molecule has 1 atom stereocenters. The van der Waals surface area contributed by atoms with Crippen LogP contribution in [0, 0.1) is 5.92 Å². The van der Waals surface area contributed by atoms with Crippen molar-refractivity contribution in [3.05, 3.63) is 52.1 Å². The number of hydrogen-bond donors (Lipinski definition) is 4. The Balaban J connectivity index is 1.64. The van der Waals surface area contributed by atoms with Gasteiger partial charge in [0.25, 0.3) is 11.5 Å². The lowest BCUT2D eigenvalue weighted by atomic mass is 9.96. The first-order valence-corrected chi connectivity index (χ1v) is 10.8. The van der Waals surface area contributed by atoms with Crippen LogP contribution >= 0.6 is 0 Å². The van der Waals surface area contributed by atoms with Crippen LogP contribution in [0.4, 0.5) is 11.6 Å². The first kappa shape index (κ1) is 24.5. The molecule has 178 valence electrons. The number of hydrogen-bond acceptors (Lipinski definition) is 9. The maximum Gasteiger partial charge on any atom is 0.280 e.